The summed E-state index contributed by atoms with van der Waals surface area (Å²) in [7, 11) is 0. The summed E-state index contributed by atoms with van der Waals surface area (Å²) in [6.45, 7) is -0.293. The van der Waals surface area contributed by atoms with Gasteiger partial charge in [0.05, 0.1) is 19.6 Å². The quantitative estimate of drug-likeness (QED) is 0.491. The van der Waals surface area contributed by atoms with Gasteiger partial charge in [0, 0.05) is 0 Å². The van der Waals surface area contributed by atoms with E-state index in [1.165, 1.54) is 4.90 Å². The Morgan fingerprint density at radius 1 is 1.50 bits per heavy atom. The molecular weight excluding hydrogens is 160 g/mol. The van der Waals surface area contributed by atoms with Crippen LogP contribution in [0.15, 0.2) is 0 Å². The molecule has 0 saturated carbocycles. The van der Waals surface area contributed by atoms with Gasteiger partial charge < -0.3 is 10.8 Å². The lowest BCUT2D eigenvalue weighted by molar-refractivity contribution is -0.138. The number of hydrogen-bond acceptors (Lipinski definition) is 3. The van der Waals surface area contributed by atoms with E-state index in [4.69, 9.17) is 17.3 Å². The number of carbonyl (C=O) groups excluding carboxylic acids is 1. The average molecular weight is 170 g/mol. The fourth-order valence-corrected chi connectivity index (χ4v) is 0.708. The normalized spacial score (nSPS) is 9.33. The molecule has 0 atom stereocenters. The molecule has 5 heteroatoms. The minimum absolute atomic E-state index is 0.106. The molecule has 0 rings (SSSR count). The number of rotatable bonds is 5. The van der Waals surface area contributed by atoms with Crippen molar-refractivity contribution in [2.45, 2.75) is 0 Å². The number of aliphatic carboxylic acids is 1. The Kier molecular flexibility index (Phi) is 4.49. The number of primary amides is 1. The van der Waals surface area contributed by atoms with Crippen LogP contribution < -0.4 is 5.73 Å². The van der Waals surface area contributed by atoms with Gasteiger partial charge in [-0.1, -0.05) is 5.92 Å². The van der Waals surface area contributed by atoms with Gasteiger partial charge in [0.25, 0.3) is 0 Å². The number of amides is 1. The van der Waals surface area contributed by atoms with Crippen LogP contribution in [0.25, 0.3) is 0 Å². The lowest BCUT2D eigenvalue weighted by Gasteiger charge is -2.14. The largest absolute Gasteiger partial charge is 0.480 e. The summed E-state index contributed by atoms with van der Waals surface area (Å²) in [6.07, 6.45) is 4.94. The van der Waals surface area contributed by atoms with Crippen molar-refractivity contribution in [2.75, 3.05) is 19.6 Å². The zero-order valence-corrected chi connectivity index (χ0v) is 6.49. The van der Waals surface area contributed by atoms with Crippen LogP contribution in [-0.2, 0) is 9.59 Å². The first-order valence-electron chi connectivity index (χ1n) is 3.22. The van der Waals surface area contributed by atoms with Gasteiger partial charge in [-0.15, -0.1) is 6.42 Å². The van der Waals surface area contributed by atoms with Gasteiger partial charge in [-0.2, -0.15) is 0 Å². The predicted molar refractivity (Wildman–Crippen MR) is 42.1 cm³/mol. The predicted octanol–water partition coefficient (Wildman–Crippen LogP) is -1.51. The van der Waals surface area contributed by atoms with Crippen LogP contribution in [-0.4, -0.2) is 41.5 Å². The maximum atomic E-state index is 10.4. The van der Waals surface area contributed by atoms with E-state index < -0.39 is 11.9 Å². The summed E-state index contributed by atoms with van der Waals surface area (Å²) >= 11 is 0. The molecule has 0 spiro atoms. The summed E-state index contributed by atoms with van der Waals surface area (Å²) in [5.41, 5.74) is 4.86. The summed E-state index contributed by atoms with van der Waals surface area (Å²) < 4.78 is 0. The Morgan fingerprint density at radius 3 is 2.42 bits per heavy atom. The van der Waals surface area contributed by atoms with Crippen LogP contribution in [0.3, 0.4) is 0 Å². The molecule has 0 aliphatic heterocycles. The highest BCUT2D eigenvalue weighted by molar-refractivity contribution is 5.77. The Hall–Kier alpha value is -1.54. The van der Waals surface area contributed by atoms with Crippen molar-refractivity contribution in [1.82, 2.24) is 4.90 Å². The lowest BCUT2D eigenvalue weighted by Crippen LogP contribution is -2.37. The molecule has 66 valence electrons. The molecule has 12 heavy (non-hydrogen) atoms. The van der Waals surface area contributed by atoms with Crippen LogP contribution in [0.5, 0.6) is 0 Å². The number of nitrogens with two attached hydrogens (primary N) is 1. The number of carboxylic acid groups (broad SMARTS) is 1. The van der Waals surface area contributed by atoms with E-state index in [2.05, 4.69) is 5.92 Å². The van der Waals surface area contributed by atoms with Crippen molar-refractivity contribution < 1.29 is 14.7 Å². The minimum atomic E-state index is -1.04. The van der Waals surface area contributed by atoms with Crippen molar-refractivity contribution in [3.8, 4) is 12.3 Å². The lowest BCUT2D eigenvalue weighted by atomic mass is 10.4. The van der Waals surface area contributed by atoms with Crippen molar-refractivity contribution >= 4 is 11.9 Å². The molecule has 0 aliphatic rings. The highest BCUT2D eigenvalue weighted by atomic mass is 16.4. The van der Waals surface area contributed by atoms with Crippen LogP contribution in [0.2, 0.25) is 0 Å². The van der Waals surface area contributed by atoms with Crippen molar-refractivity contribution in [3.63, 3.8) is 0 Å². The Labute approximate surface area is 70.1 Å². The van der Waals surface area contributed by atoms with E-state index in [1.807, 2.05) is 0 Å². The van der Waals surface area contributed by atoms with E-state index >= 15 is 0 Å². The first kappa shape index (κ1) is 10.5. The van der Waals surface area contributed by atoms with Gasteiger partial charge in [-0.3, -0.25) is 14.5 Å². The van der Waals surface area contributed by atoms with E-state index in [9.17, 15) is 9.59 Å². The van der Waals surface area contributed by atoms with Crippen LogP contribution in [0.4, 0.5) is 0 Å². The summed E-state index contributed by atoms with van der Waals surface area (Å²) in [5, 5.41) is 8.36. The molecule has 0 radical (unpaired) electrons. The zero-order chi connectivity index (χ0) is 9.56. The molecule has 0 heterocycles. The maximum Gasteiger partial charge on any atom is 0.317 e. The van der Waals surface area contributed by atoms with E-state index in [1.54, 1.807) is 0 Å². The Balaban J connectivity index is 3.96. The molecule has 0 aliphatic carbocycles. The van der Waals surface area contributed by atoms with Crippen LogP contribution in [0, 0.1) is 12.3 Å². The van der Waals surface area contributed by atoms with Gasteiger partial charge in [-0.25, -0.2) is 0 Å². The van der Waals surface area contributed by atoms with Gasteiger partial charge in [0.2, 0.25) is 5.91 Å². The third kappa shape index (κ3) is 5.26. The molecule has 0 fully saturated rings. The number of hydrogen-bond donors (Lipinski definition) is 2. The molecule has 5 nitrogen and oxygen atoms in total. The molecule has 0 saturated heterocycles. The SMILES string of the molecule is C#CCN(CC(N)=O)CC(=O)O. The molecular formula is C7H10N2O3. The Bertz CT molecular complexity index is 203. The maximum absolute atomic E-state index is 10.4. The van der Waals surface area contributed by atoms with Crippen LogP contribution in [0.1, 0.15) is 0 Å². The standard InChI is InChI=1S/C7H10N2O3/c1-2-3-9(4-6(8)10)5-7(11)12/h1H,3-5H2,(H2,8,10)(H,11,12). The third-order valence-electron chi connectivity index (χ3n) is 1.05. The van der Waals surface area contributed by atoms with Gasteiger partial charge in [0.15, 0.2) is 0 Å². The van der Waals surface area contributed by atoms with E-state index in [0.717, 1.165) is 0 Å². The molecule has 0 unspecified atom stereocenters. The fraction of sp³-hybridized carbons (Fsp3) is 0.429. The van der Waals surface area contributed by atoms with Gasteiger partial charge >= 0.3 is 5.97 Å². The van der Waals surface area contributed by atoms with Crippen molar-refractivity contribution in [2.24, 2.45) is 5.73 Å². The summed E-state index contributed by atoms with van der Waals surface area (Å²) in [5.74, 6) is 0.606. The highest BCUT2D eigenvalue weighted by Gasteiger charge is 2.10. The number of carboxylic acids is 1. The fourth-order valence-electron chi connectivity index (χ4n) is 0.708. The molecule has 3 N–H and O–H groups in total. The van der Waals surface area contributed by atoms with Gasteiger partial charge in [-0.05, 0) is 0 Å². The highest BCUT2D eigenvalue weighted by Crippen LogP contribution is 1.85. The number of nitrogens with zero attached hydrogens (tertiary/aromatic N) is 1. The van der Waals surface area contributed by atoms with E-state index in [-0.39, 0.29) is 19.6 Å². The molecule has 0 aromatic rings. The molecule has 1 amide bonds. The average Bonchev–Trinajstić information content (AvgIpc) is 1.84. The number of carbonyl (C=O) groups is 2. The monoisotopic (exact) mass is 170 g/mol. The van der Waals surface area contributed by atoms with E-state index in [0.29, 0.717) is 0 Å². The molecule has 0 aromatic carbocycles. The first-order chi connectivity index (χ1) is 5.56. The minimum Gasteiger partial charge on any atom is -0.480 e. The third-order valence-corrected chi connectivity index (χ3v) is 1.05. The second-order valence-electron chi connectivity index (χ2n) is 2.21. The van der Waals surface area contributed by atoms with Crippen molar-refractivity contribution in [3.05, 3.63) is 0 Å². The second-order valence-corrected chi connectivity index (χ2v) is 2.21. The molecule has 0 aromatic heterocycles. The molecule has 0 bridgehead atoms. The van der Waals surface area contributed by atoms with Gasteiger partial charge in [0.1, 0.15) is 0 Å². The van der Waals surface area contributed by atoms with Crippen molar-refractivity contribution in [1.29, 1.82) is 0 Å². The summed E-state index contributed by atoms with van der Waals surface area (Å²) in [4.78, 5) is 21.9. The second kappa shape index (κ2) is 5.16. The summed E-state index contributed by atoms with van der Waals surface area (Å²) in [6, 6.07) is 0. The topological polar surface area (TPSA) is 83.6 Å². The Morgan fingerprint density at radius 2 is 2.08 bits per heavy atom. The smallest absolute Gasteiger partial charge is 0.317 e. The zero-order valence-electron chi connectivity index (χ0n) is 6.49. The first-order valence-corrected chi connectivity index (χ1v) is 3.22. The number of terminal acetylenes is 1. The van der Waals surface area contributed by atoms with Crippen LogP contribution >= 0.6 is 0 Å².